The predicted octanol–water partition coefficient (Wildman–Crippen LogP) is 5.77. The van der Waals surface area contributed by atoms with Crippen LogP contribution in [-0.2, 0) is 17.6 Å². The topological polar surface area (TPSA) is 75.5 Å². The number of halogens is 1. The zero-order valence-corrected chi connectivity index (χ0v) is 21.5. The summed E-state index contributed by atoms with van der Waals surface area (Å²) in [5, 5.41) is 9.62. The zero-order valence-electron chi connectivity index (χ0n) is 21.5. The average Bonchev–Trinajstić information content (AvgIpc) is 2.82. The molecule has 190 valence electrons. The molecule has 3 aromatic rings. The summed E-state index contributed by atoms with van der Waals surface area (Å²) < 4.78 is 19.1. The van der Waals surface area contributed by atoms with Gasteiger partial charge in [0.25, 0.3) is 0 Å². The smallest absolute Gasteiger partial charge is 0.307 e. The average molecular weight is 492 g/mol. The Balaban J connectivity index is 1.61. The molecule has 1 aromatic carbocycles. The van der Waals surface area contributed by atoms with Crippen LogP contribution in [0.5, 0.6) is 5.75 Å². The number of aryl methyl sites for hydroxylation is 2. The summed E-state index contributed by atoms with van der Waals surface area (Å²) in [4.78, 5) is 23.3. The molecule has 1 saturated heterocycles. The van der Waals surface area contributed by atoms with Gasteiger partial charge >= 0.3 is 5.97 Å². The zero-order chi connectivity index (χ0) is 25.9. The minimum Gasteiger partial charge on any atom is -0.491 e. The summed E-state index contributed by atoms with van der Waals surface area (Å²) in [5.41, 5.74) is 6.22. The molecule has 4 rings (SSSR count). The molecule has 36 heavy (non-hydrogen) atoms. The Morgan fingerprint density at radius 1 is 1.11 bits per heavy atom. The molecule has 1 aliphatic heterocycles. The minimum atomic E-state index is -0.871. The summed E-state index contributed by atoms with van der Waals surface area (Å²) >= 11 is 0. The van der Waals surface area contributed by atoms with E-state index in [9.17, 15) is 14.3 Å². The second-order valence-corrected chi connectivity index (χ2v) is 10.4. The van der Waals surface area contributed by atoms with Gasteiger partial charge in [0.1, 0.15) is 11.6 Å². The number of carbonyl (C=O) groups is 1. The Hall–Kier alpha value is -3.48. The first kappa shape index (κ1) is 25.6. The first-order chi connectivity index (χ1) is 17.1. The van der Waals surface area contributed by atoms with Gasteiger partial charge in [-0.25, -0.2) is 4.39 Å². The number of carboxylic acid groups (broad SMARTS) is 1. The Morgan fingerprint density at radius 2 is 1.81 bits per heavy atom. The summed E-state index contributed by atoms with van der Waals surface area (Å²) in [6.07, 6.45) is 6.19. The van der Waals surface area contributed by atoms with E-state index in [4.69, 9.17) is 9.72 Å². The lowest BCUT2D eigenvalue weighted by molar-refractivity contribution is -0.136. The van der Waals surface area contributed by atoms with Crippen LogP contribution in [0.3, 0.4) is 0 Å². The number of piperidine rings is 1. The normalized spacial score (nSPS) is 15.1. The lowest BCUT2D eigenvalue weighted by Crippen LogP contribution is -2.38. The van der Waals surface area contributed by atoms with Crippen molar-refractivity contribution in [1.29, 1.82) is 0 Å². The molecule has 0 bridgehead atoms. The monoisotopic (exact) mass is 491 g/mol. The molecule has 2 aromatic heterocycles. The van der Waals surface area contributed by atoms with Crippen molar-refractivity contribution in [3.63, 3.8) is 0 Å². The third-order valence-electron chi connectivity index (χ3n) is 7.03. The molecular weight excluding hydrogens is 457 g/mol. The molecule has 0 aliphatic carbocycles. The van der Waals surface area contributed by atoms with E-state index in [0.29, 0.717) is 18.8 Å². The van der Waals surface area contributed by atoms with Gasteiger partial charge in [0, 0.05) is 42.5 Å². The van der Waals surface area contributed by atoms with Crippen LogP contribution < -0.4 is 9.64 Å². The highest BCUT2D eigenvalue weighted by molar-refractivity contribution is 5.83. The van der Waals surface area contributed by atoms with E-state index in [0.717, 1.165) is 65.3 Å². The fraction of sp³-hybridized carbons (Fsp3) is 0.414. The molecule has 0 atom stereocenters. The molecule has 7 heteroatoms. The van der Waals surface area contributed by atoms with E-state index in [2.05, 4.69) is 23.7 Å². The fourth-order valence-electron chi connectivity index (χ4n) is 4.65. The van der Waals surface area contributed by atoms with Crippen molar-refractivity contribution in [2.45, 2.75) is 53.4 Å². The van der Waals surface area contributed by atoms with Crippen molar-refractivity contribution in [1.82, 2.24) is 9.97 Å². The third kappa shape index (κ3) is 6.01. The third-order valence-corrected chi connectivity index (χ3v) is 7.03. The van der Waals surface area contributed by atoms with Gasteiger partial charge in [-0.1, -0.05) is 26.0 Å². The van der Waals surface area contributed by atoms with Gasteiger partial charge < -0.3 is 14.7 Å². The molecule has 0 saturated carbocycles. The summed E-state index contributed by atoms with van der Waals surface area (Å²) in [6, 6.07) is 8.39. The maximum absolute atomic E-state index is 13.1. The van der Waals surface area contributed by atoms with Crippen molar-refractivity contribution >= 4 is 11.7 Å². The Morgan fingerprint density at radius 3 is 2.44 bits per heavy atom. The SMILES string of the molecule is Cc1cc(-c2cnc(C)c(CC(=O)O)c2N2CCC(C)(C)CC2)ncc1OCCc1ccc(F)cc1. The van der Waals surface area contributed by atoms with Crippen LogP contribution in [0.2, 0.25) is 0 Å². The highest BCUT2D eigenvalue weighted by atomic mass is 19.1. The van der Waals surface area contributed by atoms with E-state index in [-0.39, 0.29) is 17.7 Å². The van der Waals surface area contributed by atoms with E-state index in [1.165, 1.54) is 12.1 Å². The first-order valence-electron chi connectivity index (χ1n) is 12.4. The van der Waals surface area contributed by atoms with Crippen LogP contribution in [0.15, 0.2) is 42.7 Å². The lowest BCUT2D eigenvalue weighted by atomic mass is 9.82. The number of benzene rings is 1. The number of anilines is 1. The van der Waals surface area contributed by atoms with E-state index in [1.807, 2.05) is 26.1 Å². The molecule has 1 N–H and O–H groups in total. The molecular formula is C29H34FN3O3. The largest absolute Gasteiger partial charge is 0.491 e. The van der Waals surface area contributed by atoms with Gasteiger partial charge in [-0.3, -0.25) is 14.8 Å². The van der Waals surface area contributed by atoms with Gasteiger partial charge in [0.05, 0.1) is 30.6 Å². The van der Waals surface area contributed by atoms with Crippen molar-refractivity contribution in [3.8, 4) is 17.0 Å². The molecule has 1 aliphatic rings. The Bertz CT molecular complexity index is 1230. The van der Waals surface area contributed by atoms with Gasteiger partial charge in [-0.2, -0.15) is 0 Å². The predicted molar refractivity (Wildman–Crippen MR) is 139 cm³/mol. The molecule has 0 spiro atoms. The number of hydrogen-bond donors (Lipinski definition) is 1. The van der Waals surface area contributed by atoms with Crippen LogP contribution in [0.1, 0.15) is 49.1 Å². The Labute approximate surface area is 212 Å². The van der Waals surface area contributed by atoms with E-state index in [1.54, 1.807) is 18.3 Å². The maximum atomic E-state index is 13.1. The number of ether oxygens (including phenoxy) is 1. The summed E-state index contributed by atoms with van der Waals surface area (Å²) in [5.74, 6) is -0.433. The highest BCUT2D eigenvalue weighted by Gasteiger charge is 2.29. The van der Waals surface area contributed by atoms with Gasteiger partial charge in [-0.05, 0) is 61.4 Å². The number of hydrogen-bond acceptors (Lipinski definition) is 5. The molecule has 0 radical (unpaired) electrons. The number of pyridine rings is 2. The number of aliphatic carboxylic acids is 1. The van der Waals surface area contributed by atoms with Crippen molar-refractivity contribution in [2.75, 3.05) is 24.6 Å². The van der Waals surface area contributed by atoms with E-state index < -0.39 is 5.97 Å². The minimum absolute atomic E-state index is 0.0779. The van der Waals surface area contributed by atoms with Crippen LogP contribution in [-0.4, -0.2) is 40.7 Å². The van der Waals surface area contributed by atoms with Crippen molar-refractivity contribution in [2.24, 2.45) is 5.41 Å². The standard InChI is InChI=1S/C29H34FN3O3/c1-19-15-25(32-18-26(19)36-14-9-21-5-7-22(30)8-6-21)24-17-31-20(2)23(16-27(34)35)28(24)33-12-10-29(3,4)11-13-33/h5-8,15,17-18H,9-14,16H2,1-4H3,(H,34,35). The maximum Gasteiger partial charge on any atom is 0.307 e. The number of rotatable bonds is 8. The summed E-state index contributed by atoms with van der Waals surface area (Å²) in [6.45, 7) is 10.6. The van der Waals surface area contributed by atoms with Crippen LogP contribution in [0, 0.1) is 25.1 Å². The molecule has 0 amide bonds. The van der Waals surface area contributed by atoms with Crippen molar-refractivity contribution < 1.29 is 19.0 Å². The number of carboxylic acids is 1. The lowest BCUT2D eigenvalue weighted by Gasteiger charge is -2.40. The highest BCUT2D eigenvalue weighted by Crippen LogP contribution is 2.40. The van der Waals surface area contributed by atoms with Crippen LogP contribution in [0.25, 0.3) is 11.3 Å². The second-order valence-electron chi connectivity index (χ2n) is 10.4. The second kappa shape index (κ2) is 10.6. The van der Waals surface area contributed by atoms with E-state index >= 15 is 0 Å². The fourth-order valence-corrected chi connectivity index (χ4v) is 4.65. The van der Waals surface area contributed by atoms with Crippen LogP contribution >= 0.6 is 0 Å². The van der Waals surface area contributed by atoms with Gasteiger partial charge in [0.15, 0.2) is 0 Å². The van der Waals surface area contributed by atoms with Crippen LogP contribution in [0.4, 0.5) is 10.1 Å². The number of aromatic nitrogens is 2. The molecule has 1 fully saturated rings. The molecule has 3 heterocycles. The molecule has 6 nitrogen and oxygen atoms in total. The molecule has 0 unspecified atom stereocenters. The van der Waals surface area contributed by atoms with Crippen molar-refractivity contribution in [3.05, 3.63) is 70.9 Å². The van der Waals surface area contributed by atoms with Gasteiger partial charge in [0.2, 0.25) is 0 Å². The van der Waals surface area contributed by atoms with Gasteiger partial charge in [-0.15, -0.1) is 0 Å². The number of nitrogens with zero attached hydrogens (tertiary/aromatic N) is 3. The first-order valence-corrected chi connectivity index (χ1v) is 12.4. The summed E-state index contributed by atoms with van der Waals surface area (Å²) in [7, 11) is 0. The Kier molecular flexibility index (Phi) is 7.57. The quantitative estimate of drug-likeness (QED) is 0.431.